The third kappa shape index (κ3) is 8.14. The summed E-state index contributed by atoms with van der Waals surface area (Å²) >= 11 is 0. The summed E-state index contributed by atoms with van der Waals surface area (Å²) in [4.78, 5) is 0. The molecular formula is C22H32F17NO3S. The predicted molar refractivity (Wildman–Crippen MR) is 121 cm³/mol. The van der Waals surface area contributed by atoms with Crippen LogP contribution in [0.2, 0.25) is 0 Å². The molecular weight excluding hydrogens is 681 g/mol. The fourth-order valence-electron chi connectivity index (χ4n) is 4.10. The maximum absolute atomic E-state index is 13.0. The van der Waals surface area contributed by atoms with Gasteiger partial charge in [0.15, 0.2) is 10.1 Å². The topological polar surface area (TPSA) is 57.2 Å². The average Bonchev–Trinajstić information content (AvgIpc) is 2.83. The van der Waals surface area contributed by atoms with Crippen LogP contribution in [-0.4, -0.2) is 90.6 Å². The Bertz CT molecular complexity index is 981. The molecule has 0 aromatic heterocycles. The monoisotopic (exact) mass is 713 g/mol. The van der Waals surface area contributed by atoms with E-state index in [4.69, 9.17) is 0 Å². The fraction of sp³-hybridized carbons (Fsp3) is 1.00. The molecule has 0 atom stereocenters. The number of nitrogens with zero attached hydrogens (tertiary/aromatic N) is 1. The van der Waals surface area contributed by atoms with Crippen molar-refractivity contribution in [2.75, 3.05) is 26.2 Å². The van der Waals surface area contributed by atoms with Gasteiger partial charge in [-0.1, -0.05) is 34.1 Å². The number of hydrogen-bond donors (Lipinski definition) is 0. The van der Waals surface area contributed by atoms with Crippen molar-refractivity contribution in [3.63, 3.8) is 0 Å². The van der Waals surface area contributed by atoms with Gasteiger partial charge in [0.05, 0.1) is 26.2 Å². The minimum absolute atomic E-state index is 1.34. The Hall–Kier alpha value is -1.32. The van der Waals surface area contributed by atoms with E-state index in [2.05, 4.69) is 27.7 Å². The van der Waals surface area contributed by atoms with Crippen LogP contribution in [0.5, 0.6) is 0 Å². The van der Waals surface area contributed by atoms with E-state index < -0.39 is 57.1 Å². The van der Waals surface area contributed by atoms with Crippen molar-refractivity contribution in [3.05, 3.63) is 0 Å². The van der Waals surface area contributed by atoms with Crippen molar-refractivity contribution in [2.24, 2.45) is 0 Å². The van der Waals surface area contributed by atoms with Crippen molar-refractivity contribution in [3.8, 4) is 0 Å². The van der Waals surface area contributed by atoms with Crippen LogP contribution < -0.4 is 0 Å². The molecule has 0 N–H and O–H groups in total. The Morgan fingerprint density at radius 1 is 0.455 bits per heavy atom. The first kappa shape index (κ1) is 44.8. The lowest BCUT2D eigenvalue weighted by molar-refractivity contribution is -0.928. The molecule has 0 rings (SSSR count). The molecule has 22 heteroatoms. The summed E-state index contributed by atoms with van der Waals surface area (Å²) in [5.74, 6) is -52.1. The van der Waals surface area contributed by atoms with Gasteiger partial charge >= 0.3 is 47.0 Å². The van der Waals surface area contributed by atoms with Gasteiger partial charge in [-0.3, -0.25) is 0 Å². The van der Waals surface area contributed by atoms with Crippen LogP contribution in [0.25, 0.3) is 0 Å². The van der Waals surface area contributed by atoms with Crippen LogP contribution in [0.15, 0.2) is 0 Å². The normalized spacial score (nSPS) is 15.2. The van der Waals surface area contributed by atoms with Gasteiger partial charge in [0, 0.05) is 0 Å². The van der Waals surface area contributed by atoms with Gasteiger partial charge < -0.3 is 9.04 Å². The van der Waals surface area contributed by atoms with E-state index in [1.807, 2.05) is 0 Å². The van der Waals surface area contributed by atoms with Gasteiger partial charge in [-0.05, 0) is 32.1 Å². The van der Waals surface area contributed by atoms with Gasteiger partial charge in [0.25, 0.3) is 0 Å². The van der Waals surface area contributed by atoms with E-state index in [1.54, 1.807) is 0 Å². The molecule has 0 aliphatic heterocycles. The zero-order valence-electron chi connectivity index (χ0n) is 23.6. The van der Waals surface area contributed by atoms with Crippen molar-refractivity contribution < 1.29 is 92.1 Å². The van der Waals surface area contributed by atoms with E-state index in [9.17, 15) is 87.6 Å². The number of quaternary nitrogens is 1. The molecule has 0 heterocycles. The molecule has 0 aromatic rings. The average molecular weight is 714 g/mol. The fourth-order valence-corrected chi connectivity index (χ4v) is 4.54. The third-order valence-electron chi connectivity index (χ3n) is 6.34. The number of hydrogen-bond acceptors (Lipinski definition) is 3. The summed E-state index contributed by atoms with van der Waals surface area (Å²) in [5, 5.41) is -7.95. The minimum Gasteiger partial charge on any atom is -0.743 e. The second-order valence-corrected chi connectivity index (χ2v) is 11.3. The lowest BCUT2D eigenvalue weighted by atomic mass is 9.91. The summed E-state index contributed by atoms with van der Waals surface area (Å²) in [6.45, 7) is 14.9. The van der Waals surface area contributed by atoms with E-state index in [-0.39, 0.29) is 0 Å². The summed E-state index contributed by atoms with van der Waals surface area (Å²) in [7, 11) is -8.14. The Kier molecular flexibility index (Phi) is 14.9. The molecule has 0 aliphatic rings. The summed E-state index contributed by atoms with van der Waals surface area (Å²) in [6, 6.07) is 0. The summed E-state index contributed by atoms with van der Waals surface area (Å²) in [5.41, 5.74) is 0. The molecule has 0 aromatic carbocycles. The highest BCUT2D eigenvalue weighted by molar-refractivity contribution is 7.86. The molecule has 0 amide bonds. The third-order valence-corrected chi connectivity index (χ3v) is 7.22. The molecule has 0 radical (unpaired) electrons. The van der Waals surface area contributed by atoms with E-state index >= 15 is 0 Å². The molecule has 0 unspecified atom stereocenters. The Morgan fingerprint density at radius 2 is 0.750 bits per heavy atom. The Labute approximate surface area is 242 Å². The van der Waals surface area contributed by atoms with Crippen molar-refractivity contribution in [1.29, 1.82) is 0 Å². The lowest BCUT2D eigenvalue weighted by Gasteiger charge is -2.42. The predicted octanol–water partition coefficient (Wildman–Crippen LogP) is 8.72. The summed E-state index contributed by atoms with van der Waals surface area (Å²) in [6.07, 6.45) is 0.318. The van der Waals surface area contributed by atoms with Crippen LogP contribution in [0.1, 0.15) is 66.2 Å². The van der Waals surface area contributed by atoms with Crippen molar-refractivity contribution in [2.45, 2.75) is 113 Å². The number of rotatable bonds is 17. The maximum atomic E-state index is 13.0. The second kappa shape index (κ2) is 14.6. The number of unbranched alkanes of at least 4 members (excludes halogenated alkanes) is 2. The Morgan fingerprint density at radius 3 is 1.00 bits per heavy atom. The van der Waals surface area contributed by atoms with Crippen LogP contribution in [-0.2, 0) is 10.1 Å². The first-order valence-electron chi connectivity index (χ1n) is 12.8. The quantitative estimate of drug-likeness (QED) is 0.0656. The smallest absolute Gasteiger partial charge is 0.460 e. The first-order valence-corrected chi connectivity index (χ1v) is 14.2. The molecule has 44 heavy (non-hydrogen) atoms. The molecule has 0 spiro atoms. The van der Waals surface area contributed by atoms with Gasteiger partial charge in [0.1, 0.15) is 0 Å². The summed E-state index contributed by atoms with van der Waals surface area (Å²) < 4.78 is 245. The highest BCUT2D eigenvalue weighted by Crippen LogP contribution is 2.64. The molecule has 4 nitrogen and oxygen atoms in total. The zero-order chi connectivity index (χ0) is 36.1. The molecule has 0 fully saturated rings. The van der Waals surface area contributed by atoms with Crippen LogP contribution in [0, 0.1) is 0 Å². The van der Waals surface area contributed by atoms with Crippen LogP contribution >= 0.6 is 0 Å². The first-order chi connectivity index (χ1) is 19.2. The highest BCUT2D eigenvalue weighted by atomic mass is 32.2. The van der Waals surface area contributed by atoms with Gasteiger partial charge in [-0.2, -0.15) is 74.6 Å². The highest BCUT2D eigenvalue weighted by Gasteiger charge is 2.95. The molecule has 268 valence electrons. The van der Waals surface area contributed by atoms with E-state index in [1.165, 1.54) is 69.2 Å². The van der Waals surface area contributed by atoms with E-state index in [0.717, 1.165) is 0 Å². The minimum atomic E-state index is -8.92. The van der Waals surface area contributed by atoms with Crippen molar-refractivity contribution in [1.82, 2.24) is 0 Å². The van der Waals surface area contributed by atoms with Gasteiger partial charge in [-0.15, -0.1) is 0 Å². The Balaban J connectivity index is 0. The molecule has 0 saturated heterocycles. The molecule has 0 aliphatic carbocycles. The standard InChI is InChI=1S/C14H32N.C8HF17O3S/c1-5-9-10-14-15(11-6-2,12-7-3)13-8-4;9-1(10,3(13,14)5(17,18)7(21,22)23)2(11,12)4(15,16)6(19,20)8(24,25)29(26,27)28/h5-14H2,1-4H3;(H,26,27,28)/q+1;/p-1. The van der Waals surface area contributed by atoms with Crippen LogP contribution in [0.3, 0.4) is 0 Å². The largest absolute Gasteiger partial charge is 0.743 e. The maximum Gasteiger partial charge on any atom is 0.460 e. The van der Waals surface area contributed by atoms with E-state index in [0.29, 0.717) is 0 Å². The second-order valence-electron chi connectivity index (χ2n) is 9.86. The molecule has 0 bridgehead atoms. The number of alkyl halides is 17. The zero-order valence-corrected chi connectivity index (χ0v) is 24.4. The van der Waals surface area contributed by atoms with Crippen LogP contribution in [0.4, 0.5) is 74.6 Å². The SMILES string of the molecule is CCCCC[N+](CCC)(CCC)CCC.O=S(=O)([O-])C(F)(F)C(F)(F)C(F)(F)C(F)(F)C(F)(F)C(F)(F)C(F)(F)C(F)(F)F. The van der Waals surface area contributed by atoms with Gasteiger partial charge in [0.2, 0.25) is 0 Å². The number of halogens is 17. The lowest BCUT2D eigenvalue weighted by Crippen LogP contribution is -2.75. The molecule has 0 saturated carbocycles. The van der Waals surface area contributed by atoms with Gasteiger partial charge in [-0.25, -0.2) is 8.42 Å². The van der Waals surface area contributed by atoms with Crippen molar-refractivity contribution >= 4 is 10.1 Å².